The molecule has 0 saturated carbocycles. The number of H-pyrrole nitrogens is 1. The summed E-state index contributed by atoms with van der Waals surface area (Å²) in [6.45, 7) is 1.64. The van der Waals surface area contributed by atoms with Crippen molar-refractivity contribution in [3.05, 3.63) is 51.0 Å². The van der Waals surface area contributed by atoms with Crippen LogP contribution in [0.2, 0.25) is 5.02 Å². The number of rotatable bonds is 3. The van der Waals surface area contributed by atoms with Gasteiger partial charge in [-0.05, 0) is 30.7 Å². The number of nitrogens with one attached hydrogen (secondary N) is 1. The van der Waals surface area contributed by atoms with Crippen LogP contribution in [0.3, 0.4) is 0 Å². The van der Waals surface area contributed by atoms with Crippen molar-refractivity contribution in [2.45, 2.75) is 6.92 Å². The van der Waals surface area contributed by atoms with Crippen LogP contribution < -0.4 is 10.3 Å². The van der Waals surface area contributed by atoms with E-state index in [-0.39, 0.29) is 16.5 Å². The lowest BCUT2D eigenvalue weighted by Gasteiger charge is -2.07. The number of carboxylic acids is 1. The van der Waals surface area contributed by atoms with Gasteiger partial charge in [0.15, 0.2) is 5.02 Å². The minimum Gasteiger partial charge on any atom is -0.478 e. The molecule has 0 saturated heterocycles. The summed E-state index contributed by atoms with van der Waals surface area (Å²) >= 11 is 5.74. The van der Waals surface area contributed by atoms with E-state index >= 15 is 0 Å². The summed E-state index contributed by atoms with van der Waals surface area (Å²) in [7, 11) is 0. The molecular formula is C12H9ClN2O4. The van der Waals surface area contributed by atoms with E-state index in [4.69, 9.17) is 21.4 Å². The molecule has 2 aromatic rings. The third-order valence-corrected chi connectivity index (χ3v) is 2.74. The zero-order valence-electron chi connectivity index (χ0n) is 9.81. The summed E-state index contributed by atoms with van der Waals surface area (Å²) in [4.78, 5) is 28.2. The van der Waals surface area contributed by atoms with Gasteiger partial charge in [-0.25, -0.2) is 9.78 Å². The van der Waals surface area contributed by atoms with Crippen LogP contribution in [0.25, 0.3) is 0 Å². The van der Waals surface area contributed by atoms with Gasteiger partial charge in [-0.15, -0.1) is 0 Å². The number of carbonyl (C=O) groups is 1. The molecule has 0 aliphatic rings. The van der Waals surface area contributed by atoms with Crippen LogP contribution in [-0.4, -0.2) is 21.0 Å². The topological polar surface area (TPSA) is 92.3 Å². The molecule has 2 rings (SSSR count). The second-order valence-corrected chi connectivity index (χ2v) is 4.11. The number of hydrogen-bond acceptors (Lipinski definition) is 4. The van der Waals surface area contributed by atoms with Crippen LogP contribution in [0, 0.1) is 6.92 Å². The normalized spacial score (nSPS) is 10.2. The molecule has 0 bridgehead atoms. The number of aryl methyl sites for hydroxylation is 1. The molecule has 0 atom stereocenters. The van der Waals surface area contributed by atoms with E-state index in [1.54, 1.807) is 6.92 Å². The first-order chi connectivity index (χ1) is 8.99. The predicted molar refractivity (Wildman–Crippen MR) is 68.1 cm³/mol. The number of aromatic carboxylic acids is 1. The zero-order chi connectivity index (χ0) is 14.0. The Kier molecular flexibility index (Phi) is 3.52. The van der Waals surface area contributed by atoms with Crippen molar-refractivity contribution in [2.24, 2.45) is 0 Å². The SMILES string of the molecule is Cc1cc(Oc2nc[nH]c(=O)c2Cl)ccc1C(=O)O. The standard InChI is InChI=1S/C12H9ClN2O4/c1-6-4-7(2-3-8(6)12(17)18)19-11-9(13)10(16)14-5-15-11/h2-5H,1H3,(H,17,18)(H,14,15,16). The fourth-order valence-electron chi connectivity index (χ4n) is 1.49. The molecule has 0 radical (unpaired) electrons. The van der Waals surface area contributed by atoms with Gasteiger partial charge >= 0.3 is 5.97 Å². The second kappa shape index (κ2) is 5.11. The van der Waals surface area contributed by atoms with Gasteiger partial charge in [0.1, 0.15) is 5.75 Å². The Morgan fingerprint density at radius 3 is 2.84 bits per heavy atom. The van der Waals surface area contributed by atoms with E-state index in [9.17, 15) is 9.59 Å². The molecule has 0 spiro atoms. The highest BCUT2D eigenvalue weighted by Gasteiger charge is 2.11. The number of aromatic amines is 1. The first-order valence-corrected chi connectivity index (χ1v) is 5.62. The number of carboxylic acid groups (broad SMARTS) is 1. The average Bonchev–Trinajstić information content (AvgIpc) is 2.34. The van der Waals surface area contributed by atoms with E-state index in [1.165, 1.54) is 24.5 Å². The molecule has 7 heteroatoms. The minimum absolute atomic E-state index is 0.0344. The molecule has 1 aromatic carbocycles. The van der Waals surface area contributed by atoms with E-state index in [2.05, 4.69) is 9.97 Å². The Bertz CT molecular complexity index is 696. The molecule has 98 valence electrons. The van der Waals surface area contributed by atoms with Crippen LogP contribution in [0.1, 0.15) is 15.9 Å². The Morgan fingerprint density at radius 1 is 1.47 bits per heavy atom. The number of benzene rings is 1. The van der Waals surface area contributed by atoms with Crippen LogP contribution in [0.4, 0.5) is 0 Å². The number of hydrogen-bond donors (Lipinski definition) is 2. The monoisotopic (exact) mass is 280 g/mol. The molecule has 0 amide bonds. The van der Waals surface area contributed by atoms with Crippen molar-refractivity contribution < 1.29 is 14.6 Å². The average molecular weight is 281 g/mol. The van der Waals surface area contributed by atoms with Crippen LogP contribution in [-0.2, 0) is 0 Å². The maximum atomic E-state index is 11.3. The zero-order valence-corrected chi connectivity index (χ0v) is 10.6. The molecule has 2 N–H and O–H groups in total. The maximum Gasteiger partial charge on any atom is 0.335 e. The quantitative estimate of drug-likeness (QED) is 0.899. The van der Waals surface area contributed by atoms with E-state index < -0.39 is 11.5 Å². The van der Waals surface area contributed by atoms with E-state index in [1.807, 2.05) is 0 Å². The van der Waals surface area contributed by atoms with Crippen molar-refractivity contribution in [3.63, 3.8) is 0 Å². The van der Waals surface area contributed by atoms with Crippen molar-refractivity contribution in [2.75, 3.05) is 0 Å². The first-order valence-electron chi connectivity index (χ1n) is 5.24. The molecule has 0 aliphatic heterocycles. The molecular weight excluding hydrogens is 272 g/mol. The number of aromatic nitrogens is 2. The molecule has 0 fully saturated rings. The first kappa shape index (κ1) is 13.1. The minimum atomic E-state index is -1.02. The highest BCUT2D eigenvalue weighted by atomic mass is 35.5. The van der Waals surface area contributed by atoms with Crippen LogP contribution in [0.15, 0.2) is 29.3 Å². The molecule has 1 aromatic heterocycles. The molecule has 0 aliphatic carbocycles. The fraction of sp³-hybridized carbons (Fsp3) is 0.0833. The summed E-state index contributed by atoms with van der Waals surface area (Å²) in [5, 5.41) is 8.74. The van der Waals surface area contributed by atoms with Gasteiger partial charge in [0, 0.05) is 0 Å². The van der Waals surface area contributed by atoms with Gasteiger partial charge in [-0.2, -0.15) is 0 Å². The Balaban J connectivity index is 2.34. The van der Waals surface area contributed by atoms with Crippen molar-refractivity contribution >= 4 is 17.6 Å². The van der Waals surface area contributed by atoms with Gasteiger partial charge in [0.25, 0.3) is 5.56 Å². The summed E-state index contributed by atoms with van der Waals surface area (Å²) in [5.41, 5.74) is 0.203. The summed E-state index contributed by atoms with van der Waals surface area (Å²) in [6, 6.07) is 4.41. The Morgan fingerprint density at radius 2 is 2.21 bits per heavy atom. The molecule has 6 nitrogen and oxygen atoms in total. The Labute approximate surface area is 112 Å². The Hall–Kier alpha value is -2.34. The smallest absolute Gasteiger partial charge is 0.335 e. The summed E-state index contributed by atoms with van der Waals surface area (Å²) in [5.74, 6) is -0.702. The summed E-state index contributed by atoms with van der Waals surface area (Å²) in [6.07, 6.45) is 1.17. The van der Waals surface area contributed by atoms with Crippen molar-refractivity contribution in [3.8, 4) is 11.6 Å². The van der Waals surface area contributed by atoms with Gasteiger partial charge in [-0.1, -0.05) is 11.6 Å². The lowest BCUT2D eigenvalue weighted by molar-refractivity contribution is 0.0696. The van der Waals surface area contributed by atoms with Crippen LogP contribution in [0.5, 0.6) is 11.6 Å². The molecule has 1 heterocycles. The van der Waals surface area contributed by atoms with Gasteiger partial charge < -0.3 is 14.8 Å². The molecule has 0 unspecified atom stereocenters. The lowest BCUT2D eigenvalue weighted by atomic mass is 10.1. The van der Waals surface area contributed by atoms with Gasteiger partial charge in [0.2, 0.25) is 5.88 Å². The third kappa shape index (κ3) is 2.74. The van der Waals surface area contributed by atoms with Gasteiger partial charge in [0.05, 0.1) is 11.9 Å². The van der Waals surface area contributed by atoms with E-state index in [0.717, 1.165) is 0 Å². The highest BCUT2D eigenvalue weighted by molar-refractivity contribution is 6.31. The summed E-state index contributed by atoms with van der Waals surface area (Å²) < 4.78 is 5.35. The lowest BCUT2D eigenvalue weighted by Crippen LogP contribution is -2.08. The fourth-order valence-corrected chi connectivity index (χ4v) is 1.63. The van der Waals surface area contributed by atoms with Crippen LogP contribution >= 0.6 is 11.6 Å². The highest BCUT2D eigenvalue weighted by Crippen LogP contribution is 2.25. The molecule has 19 heavy (non-hydrogen) atoms. The maximum absolute atomic E-state index is 11.3. The number of nitrogens with zero attached hydrogens (tertiary/aromatic N) is 1. The second-order valence-electron chi connectivity index (χ2n) is 3.73. The number of halogens is 1. The number of ether oxygens (including phenoxy) is 1. The van der Waals surface area contributed by atoms with Gasteiger partial charge in [-0.3, -0.25) is 4.79 Å². The largest absolute Gasteiger partial charge is 0.478 e. The van der Waals surface area contributed by atoms with Crippen molar-refractivity contribution in [1.29, 1.82) is 0 Å². The van der Waals surface area contributed by atoms with E-state index in [0.29, 0.717) is 11.3 Å². The van der Waals surface area contributed by atoms with Crippen molar-refractivity contribution in [1.82, 2.24) is 9.97 Å². The third-order valence-electron chi connectivity index (χ3n) is 2.41. The predicted octanol–water partition coefficient (Wildman–Crippen LogP) is 2.22.